The molecule has 0 aliphatic heterocycles. The maximum absolute atomic E-state index is 12.6. The molecule has 0 fully saturated rings. The summed E-state index contributed by atoms with van der Waals surface area (Å²) in [5.41, 5.74) is 4.92. The molecule has 0 saturated heterocycles. The average molecular weight is 388 g/mol. The van der Waals surface area contributed by atoms with Gasteiger partial charge in [-0.25, -0.2) is 4.98 Å². The summed E-state index contributed by atoms with van der Waals surface area (Å²) in [6, 6.07) is 21.9. The smallest absolute Gasteiger partial charge is 0.257 e. The van der Waals surface area contributed by atoms with Crippen molar-refractivity contribution in [2.45, 2.75) is 13.3 Å². The maximum atomic E-state index is 12.6. The van der Waals surface area contributed by atoms with Crippen molar-refractivity contribution in [3.05, 3.63) is 89.0 Å². The topological polar surface area (TPSA) is 51.2 Å². The van der Waals surface area contributed by atoms with E-state index in [1.807, 2.05) is 61.5 Å². The van der Waals surface area contributed by atoms with Crippen LogP contribution in [-0.4, -0.2) is 18.0 Å². The molecule has 4 rings (SSSR count). The molecule has 4 aromatic rings. The monoisotopic (exact) mass is 388 g/mol. The Balaban J connectivity index is 1.51. The van der Waals surface area contributed by atoms with Crippen molar-refractivity contribution in [2.75, 3.05) is 12.4 Å². The first kappa shape index (κ1) is 18.2. The Labute approximate surface area is 167 Å². The second-order valence-electron chi connectivity index (χ2n) is 6.59. The van der Waals surface area contributed by atoms with Crippen LogP contribution in [0.15, 0.2) is 66.7 Å². The predicted octanol–water partition coefficient (Wildman–Crippen LogP) is 5.46. The first-order valence-electron chi connectivity index (χ1n) is 9.02. The van der Waals surface area contributed by atoms with Crippen LogP contribution in [0.1, 0.15) is 27.0 Å². The number of hydrogen-bond acceptors (Lipinski definition) is 4. The van der Waals surface area contributed by atoms with Gasteiger partial charge in [0.2, 0.25) is 0 Å². The molecule has 28 heavy (non-hydrogen) atoms. The van der Waals surface area contributed by atoms with E-state index < -0.39 is 0 Å². The van der Waals surface area contributed by atoms with Crippen LogP contribution < -0.4 is 10.1 Å². The van der Waals surface area contributed by atoms with Crippen molar-refractivity contribution in [3.8, 4) is 5.75 Å². The number of nitrogens with zero attached hydrogens (tertiary/aromatic N) is 1. The lowest BCUT2D eigenvalue weighted by Crippen LogP contribution is -2.11. The van der Waals surface area contributed by atoms with E-state index in [1.165, 1.54) is 22.5 Å². The minimum atomic E-state index is -0.165. The second-order valence-corrected chi connectivity index (χ2v) is 7.59. The van der Waals surface area contributed by atoms with E-state index in [0.29, 0.717) is 16.4 Å². The molecule has 1 N–H and O–H groups in total. The molecule has 0 saturated carbocycles. The van der Waals surface area contributed by atoms with E-state index in [1.54, 1.807) is 7.11 Å². The normalized spacial score (nSPS) is 10.8. The van der Waals surface area contributed by atoms with Gasteiger partial charge in [0, 0.05) is 5.56 Å². The highest BCUT2D eigenvalue weighted by atomic mass is 32.1. The molecule has 5 heteroatoms. The number of thiazole rings is 1. The number of nitrogens with one attached hydrogen (secondary N) is 1. The fourth-order valence-electron chi connectivity index (χ4n) is 3.10. The van der Waals surface area contributed by atoms with E-state index >= 15 is 0 Å². The Hall–Kier alpha value is -3.18. The number of hydrogen-bond donors (Lipinski definition) is 1. The molecule has 0 aliphatic rings. The minimum Gasteiger partial charge on any atom is -0.494 e. The molecule has 0 aliphatic carbocycles. The Morgan fingerprint density at radius 1 is 1.00 bits per heavy atom. The number of aromatic nitrogens is 1. The molecule has 1 amide bonds. The molecular weight excluding hydrogens is 368 g/mol. The summed E-state index contributed by atoms with van der Waals surface area (Å²) in [7, 11) is 1.62. The SMILES string of the molecule is COc1ccc(C)c2sc(NC(=O)c3ccc(Cc4ccccc4)cc3)nc12. The fraction of sp³-hybridized carbons (Fsp3) is 0.130. The van der Waals surface area contributed by atoms with Gasteiger partial charge in [-0.15, -0.1) is 0 Å². The summed E-state index contributed by atoms with van der Waals surface area (Å²) in [5.74, 6) is 0.546. The van der Waals surface area contributed by atoms with E-state index in [0.717, 1.165) is 22.2 Å². The number of anilines is 1. The zero-order chi connectivity index (χ0) is 19.5. The summed E-state index contributed by atoms with van der Waals surface area (Å²) < 4.78 is 6.40. The summed E-state index contributed by atoms with van der Waals surface area (Å²) in [6.45, 7) is 2.02. The van der Waals surface area contributed by atoms with Crippen LogP contribution in [0.3, 0.4) is 0 Å². The highest BCUT2D eigenvalue weighted by Crippen LogP contribution is 2.34. The Morgan fingerprint density at radius 3 is 2.43 bits per heavy atom. The third-order valence-electron chi connectivity index (χ3n) is 4.61. The molecule has 1 aromatic heterocycles. The van der Waals surface area contributed by atoms with Crippen molar-refractivity contribution < 1.29 is 9.53 Å². The van der Waals surface area contributed by atoms with Crippen molar-refractivity contribution in [2.24, 2.45) is 0 Å². The molecule has 140 valence electrons. The number of fused-ring (bicyclic) bond motifs is 1. The maximum Gasteiger partial charge on any atom is 0.257 e. The van der Waals surface area contributed by atoms with Crippen LogP contribution in [0.2, 0.25) is 0 Å². The molecule has 4 nitrogen and oxygen atoms in total. The first-order chi connectivity index (χ1) is 13.6. The molecule has 0 spiro atoms. The number of carbonyl (C=O) groups is 1. The quantitative estimate of drug-likeness (QED) is 0.494. The lowest BCUT2D eigenvalue weighted by Gasteiger charge is -2.05. The summed E-state index contributed by atoms with van der Waals surface area (Å²) in [5, 5.41) is 3.48. The Kier molecular flexibility index (Phi) is 5.08. The molecular formula is C23H20N2O2S. The van der Waals surface area contributed by atoms with Gasteiger partial charge in [-0.05, 0) is 48.2 Å². The van der Waals surface area contributed by atoms with Crippen molar-refractivity contribution in [3.63, 3.8) is 0 Å². The highest BCUT2D eigenvalue weighted by Gasteiger charge is 2.14. The number of amides is 1. The largest absolute Gasteiger partial charge is 0.494 e. The van der Waals surface area contributed by atoms with Crippen LogP contribution >= 0.6 is 11.3 Å². The number of benzene rings is 3. The van der Waals surface area contributed by atoms with E-state index in [4.69, 9.17) is 4.74 Å². The lowest BCUT2D eigenvalue weighted by atomic mass is 10.0. The number of ether oxygens (including phenoxy) is 1. The molecule has 3 aromatic carbocycles. The van der Waals surface area contributed by atoms with Gasteiger partial charge in [0.1, 0.15) is 11.3 Å². The summed E-state index contributed by atoms with van der Waals surface area (Å²) in [4.78, 5) is 17.2. The van der Waals surface area contributed by atoms with Crippen LogP contribution in [0.4, 0.5) is 5.13 Å². The molecule has 0 atom stereocenters. The number of rotatable bonds is 5. The van der Waals surface area contributed by atoms with Crippen molar-refractivity contribution >= 4 is 32.6 Å². The zero-order valence-corrected chi connectivity index (χ0v) is 16.5. The minimum absolute atomic E-state index is 0.165. The third kappa shape index (κ3) is 3.75. The standard InChI is InChI=1S/C23H20N2O2S/c1-15-8-13-19(27-2)20-21(15)28-23(24-20)25-22(26)18-11-9-17(10-12-18)14-16-6-4-3-5-7-16/h3-13H,14H2,1-2H3,(H,24,25,26). The number of aryl methyl sites for hydroxylation is 1. The molecule has 0 bridgehead atoms. The van der Waals surface area contributed by atoms with Crippen molar-refractivity contribution in [1.82, 2.24) is 4.98 Å². The average Bonchev–Trinajstić information content (AvgIpc) is 3.14. The lowest BCUT2D eigenvalue weighted by molar-refractivity contribution is 0.102. The molecule has 1 heterocycles. The van der Waals surface area contributed by atoms with Gasteiger partial charge in [0.15, 0.2) is 5.13 Å². The van der Waals surface area contributed by atoms with E-state index in [9.17, 15) is 4.79 Å². The van der Waals surface area contributed by atoms with E-state index in [2.05, 4.69) is 22.4 Å². The van der Waals surface area contributed by atoms with Gasteiger partial charge in [0.05, 0.1) is 11.8 Å². The van der Waals surface area contributed by atoms with Crippen LogP contribution in [0.5, 0.6) is 5.75 Å². The second kappa shape index (κ2) is 7.82. The van der Waals surface area contributed by atoms with Gasteiger partial charge in [-0.1, -0.05) is 59.9 Å². The zero-order valence-electron chi connectivity index (χ0n) is 15.7. The third-order valence-corrected chi connectivity index (χ3v) is 5.72. The van der Waals surface area contributed by atoms with Gasteiger partial charge in [-0.2, -0.15) is 0 Å². The summed E-state index contributed by atoms with van der Waals surface area (Å²) in [6.07, 6.45) is 0.847. The number of methoxy groups -OCH3 is 1. The predicted molar refractivity (Wildman–Crippen MR) is 115 cm³/mol. The Bertz CT molecular complexity index is 1120. The Morgan fingerprint density at radius 2 is 1.71 bits per heavy atom. The van der Waals surface area contributed by atoms with Gasteiger partial charge >= 0.3 is 0 Å². The van der Waals surface area contributed by atoms with Crippen LogP contribution in [0, 0.1) is 6.92 Å². The van der Waals surface area contributed by atoms with Gasteiger partial charge in [-0.3, -0.25) is 10.1 Å². The summed E-state index contributed by atoms with van der Waals surface area (Å²) >= 11 is 1.46. The van der Waals surface area contributed by atoms with Gasteiger partial charge in [0.25, 0.3) is 5.91 Å². The fourth-order valence-corrected chi connectivity index (χ4v) is 4.05. The van der Waals surface area contributed by atoms with Crippen LogP contribution in [0.25, 0.3) is 10.2 Å². The first-order valence-corrected chi connectivity index (χ1v) is 9.84. The number of carbonyl (C=O) groups excluding carboxylic acids is 1. The molecule has 0 unspecified atom stereocenters. The molecule has 0 radical (unpaired) electrons. The van der Waals surface area contributed by atoms with Crippen LogP contribution in [-0.2, 0) is 6.42 Å². The van der Waals surface area contributed by atoms with Crippen molar-refractivity contribution in [1.29, 1.82) is 0 Å². The van der Waals surface area contributed by atoms with Gasteiger partial charge < -0.3 is 4.74 Å². The van der Waals surface area contributed by atoms with E-state index in [-0.39, 0.29) is 5.91 Å². The highest BCUT2D eigenvalue weighted by molar-refractivity contribution is 7.22.